The molecule has 0 saturated carbocycles. The molecule has 0 saturated heterocycles. The first-order chi connectivity index (χ1) is 8.10. The summed E-state index contributed by atoms with van der Waals surface area (Å²) in [5.41, 5.74) is 2.24. The maximum atomic E-state index is 11.1. The lowest BCUT2D eigenvalue weighted by molar-refractivity contribution is -0.128. The van der Waals surface area contributed by atoms with Gasteiger partial charge in [-0.25, -0.2) is 5.48 Å². The van der Waals surface area contributed by atoms with E-state index in [2.05, 4.69) is 10.6 Å². The fraction of sp³-hybridized carbons (Fsp3) is 0.182. The van der Waals surface area contributed by atoms with Gasteiger partial charge in [0.25, 0.3) is 5.91 Å². The molecule has 3 N–H and O–H groups in total. The number of hydrogen-bond donors (Lipinski definition) is 3. The number of carbonyl (C=O) groups excluding carboxylic acids is 2. The molecule has 0 radical (unpaired) electrons. The summed E-state index contributed by atoms with van der Waals surface area (Å²) in [6.45, 7) is 1.66. The minimum Gasteiger partial charge on any atom is -0.298 e. The monoisotopic (exact) mass is 254 g/mol. The van der Waals surface area contributed by atoms with Crippen LogP contribution in [0.5, 0.6) is 0 Å². The molecule has 1 aromatic rings. The molecule has 0 aromatic heterocycles. The van der Waals surface area contributed by atoms with Gasteiger partial charge in [0.1, 0.15) is 0 Å². The molecular formula is C11H14N2O3S. The van der Waals surface area contributed by atoms with Gasteiger partial charge in [0.15, 0.2) is 0 Å². The van der Waals surface area contributed by atoms with Gasteiger partial charge < -0.3 is 0 Å². The van der Waals surface area contributed by atoms with E-state index in [1.54, 1.807) is 6.92 Å². The average Bonchev–Trinajstić information content (AvgIpc) is 2.66. The van der Waals surface area contributed by atoms with Crippen LogP contribution in [0.3, 0.4) is 0 Å². The number of hydrogen-bond acceptors (Lipinski definition) is 3. The SMILES string of the molecule is C=S1NC(=O)c2ccccc21.CCC(=O)NO. The van der Waals surface area contributed by atoms with Gasteiger partial charge in [-0.2, -0.15) is 0 Å². The zero-order valence-corrected chi connectivity index (χ0v) is 10.2. The van der Waals surface area contributed by atoms with Gasteiger partial charge in [-0.3, -0.25) is 19.5 Å². The second-order valence-corrected chi connectivity index (χ2v) is 4.63. The lowest BCUT2D eigenvalue weighted by Gasteiger charge is -1.94. The van der Waals surface area contributed by atoms with Crippen LogP contribution in [-0.2, 0) is 4.79 Å². The first kappa shape index (κ1) is 13.4. The van der Waals surface area contributed by atoms with E-state index in [4.69, 9.17) is 5.21 Å². The highest BCUT2D eigenvalue weighted by Crippen LogP contribution is 2.30. The van der Waals surface area contributed by atoms with Gasteiger partial charge in [0.2, 0.25) is 5.91 Å². The summed E-state index contributed by atoms with van der Waals surface area (Å²) in [7, 11) is -0.327. The normalized spacial score (nSPS) is 16.4. The van der Waals surface area contributed by atoms with E-state index in [1.165, 1.54) is 5.48 Å². The zero-order valence-electron chi connectivity index (χ0n) is 9.40. The molecule has 0 spiro atoms. The third-order valence-corrected chi connectivity index (χ3v) is 3.38. The zero-order chi connectivity index (χ0) is 12.8. The number of hydroxylamine groups is 1. The van der Waals surface area contributed by atoms with Crippen molar-refractivity contribution in [1.29, 1.82) is 0 Å². The van der Waals surface area contributed by atoms with Crippen LogP contribution in [-0.4, -0.2) is 22.9 Å². The number of benzene rings is 1. The highest BCUT2D eigenvalue weighted by molar-refractivity contribution is 8.13. The van der Waals surface area contributed by atoms with Crippen molar-refractivity contribution >= 4 is 28.4 Å². The molecule has 1 heterocycles. The maximum absolute atomic E-state index is 11.1. The Morgan fingerprint density at radius 2 is 2.18 bits per heavy atom. The molecule has 0 fully saturated rings. The summed E-state index contributed by atoms with van der Waals surface area (Å²) in [4.78, 5) is 22.0. The molecule has 2 amide bonds. The number of amides is 2. The summed E-state index contributed by atoms with van der Waals surface area (Å²) in [6, 6.07) is 7.54. The Morgan fingerprint density at radius 3 is 2.65 bits per heavy atom. The van der Waals surface area contributed by atoms with Crippen molar-refractivity contribution in [3.05, 3.63) is 29.8 Å². The van der Waals surface area contributed by atoms with E-state index in [-0.39, 0.29) is 22.5 Å². The van der Waals surface area contributed by atoms with Crippen LogP contribution in [0.1, 0.15) is 23.7 Å². The lowest BCUT2D eigenvalue weighted by atomic mass is 10.2. The highest BCUT2D eigenvalue weighted by Gasteiger charge is 2.19. The third kappa shape index (κ3) is 3.40. The average molecular weight is 254 g/mol. The quantitative estimate of drug-likeness (QED) is 0.401. The number of carbonyl (C=O) groups is 2. The van der Waals surface area contributed by atoms with E-state index in [1.807, 2.05) is 24.3 Å². The van der Waals surface area contributed by atoms with Crippen molar-refractivity contribution in [3.63, 3.8) is 0 Å². The second kappa shape index (κ2) is 6.17. The maximum Gasteiger partial charge on any atom is 0.262 e. The standard InChI is InChI=1S/C8H7NOS.C3H7NO2/c1-11-7-5-3-2-4-6(7)8(10)9-11;1-2-3(5)4-6/h2-5H,1H2,(H,9,10);6H,2H2,1H3,(H,4,5). The fourth-order valence-corrected chi connectivity index (χ4v) is 2.28. The Morgan fingerprint density at radius 1 is 1.53 bits per heavy atom. The molecule has 5 nitrogen and oxygen atoms in total. The van der Waals surface area contributed by atoms with E-state index in [0.29, 0.717) is 6.42 Å². The Hall–Kier alpha value is -1.66. The van der Waals surface area contributed by atoms with Crippen LogP contribution in [0, 0.1) is 0 Å². The number of nitrogens with one attached hydrogen (secondary N) is 2. The van der Waals surface area contributed by atoms with E-state index >= 15 is 0 Å². The largest absolute Gasteiger partial charge is 0.298 e. The molecule has 1 aliphatic rings. The Kier molecular flexibility index (Phi) is 4.86. The summed E-state index contributed by atoms with van der Waals surface area (Å²) in [5, 5.41) is 7.74. The molecule has 2 rings (SSSR count). The molecular weight excluding hydrogens is 240 g/mol. The second-order valence-electron chi connectivity index (χ2n) is 3.21. The van der Waals surface area contributed by atoms with Crippen molar-refractivity contribution in [2.75, 3.05) is 0 Å². The van der Waals surface area contributed by atoms with Crippen molar-refractivity contribution in [1.82, 2.24) is 10.2 Å². The topological polar surface area (TPSA) is 78.4 Å². The molecule has 6 heteroatoms. The molecule has 1 unspecified atom stereocenters. The van der Waals surface area contributed by atoms with Gasteiger partial charge in [0, 0.05) is 11.3 Å². The predicted octanol–water partition coefficient (Wildman–Crippen LogP) is 1.31. The minimum atomic E-state index is -0.352. The van der Waals surface area contributed by atoms with E-state index in [0.717, 1.165) is 10.5 Å². The van der Waals surface area contributed by atoms with Gasteiger partial charge in [-0.05, 0) is 12.1 Å². The van der Waals surface area contributed by atoms with Crippen LogP contribution < -0.4 is 10.2 Å². The van der Waals surface area contributed by atoms with E-state index in [9.17, 15) is 9.59 Å². The summed E-state index contributed by atoms with van der Waals surface area (Å²) < 4.78 is 2.76. The first-order valence-electron chi connectivity index (χ1n) is 4.97. The number of fused-ring (bicyclic) bond motifs is 1. The smallest absolute Gasteiger partial charge is 0.262 e. The van der Waals surface area contributed by atoms with Crippen molar-refractivity contribution in [3.8, 4) is 0 Å². The van der Waals surface area contributed by atoms with Crippen LogP contribution in [0.2, 0.25) is 0 Å². The highest BCUT2D eigenvalue weighted by atomic mass is 32.2. The summed E-state index contributed by atoms with van der Waals surface area (Å²) >= 11 is 0. The Balaban J connectivity index is 0.000000209. The van der Waals surface area contributed by atoms with Crippen molar-refractivity contribution < 1.29 is 14.8 Å². The van der Waals surface area contributed by atoms with Crippen LogP contribution in [0.4, 0.5) is 0 Å². The van der Waals surface area contributed by atoms with Crippen molar-refractivity contribution in [2.24, 2.45) is 0 Å². The molecule has 0 aliphatic carbocycles. The predicted molar refractivity (Wildman–Crippen MR) is 67.1 cm³/mol. The molecule has 1 atom stereocenters. The van der Waals surface area contributed by atoms with E-state index < -0.39 is 0 Å². The Labute approximate surface area is 102 Å². The van der Waals surface area contributed by atoms with Gasteiger partial charge >= 0.3 is 0 Å². The lowest BCUT2D eigenvalue weighted by Crippen LogP contribution is -2.16. The minimum absolute atomic E-state index is 0.000988. The first-order valence-corrected chi connectivity index (χ1v) is 6.36. The fourth-order valence-electron chi connectivity index (χ4n) is 1.17. The molecule has 1 aliphatic heterocycles. The summed E-state index contributed by atoms with van der Waals surface area (Å²) in [6.07, 6.45) is 0.330. The van der Waals surface area contributed by atoms with Gasteiger partial charge in [-0.1, -0.05) is 35.6 Å². The molecule has 17 heavy (non-hydrogen) atoms. The van der Waals surface area contributed by atoms with Gasteiger partial charge in [-0.15, -0.1) is 0 Å². The number of rotatable bonds is 1. The van der Waals surface area contributed by atoms with Crippen LogP contribution in [0.15, 0.2) is 29.2 Å². The molecule has 0 bridgehead atoms. The summed E-state index contributed by atoms with van der Waals surface area (Å²) in [5.74, 6) is 3.47. The van der Waals surface area contributed by atoms with Crippen molar-refractivity contribution in [2.45, 2.75) is 18.2 Å². The van der Waals surface area contributed by atoms with Gasteiger partial charge in [0.05, 0.1) is 5.56 Å². The van der Waals surface area contributed by atoms with Crippen LogP contribution in [0.25, 0.3) is 0 Å². The molecule has 1 aromatic carbocycles. The third-order valence-electron chi connectivity index (χ3n) is 2.06. The van der Waals surface area contributed by atoms with Crippen LogP contribution >= 0.6 is 10.7 Å². The Bertz CT molecular complexity index is 421. The molecule has 92 valence electrons.